The van der Waals surface area contributed by atoms with Gasteiger partial charge in [0, 0.05) is 0 Å². The van der Waals surface area contributed by atoms with E-state index in [1.807, 2.05) is 6.07 Å². The number of imidazole rings is 1. The number of carbonyl (C=O) groups excluding carboxylic acids is 2. The molecule has 1 aliphatic rings. The number of aromatic amines is 1. The molecule has 1 unspecified atom stereocenters. The summed E-state index contributed by atoms with van der Waals surface area (Å²) < 4.78 is 11.5. The third-order valence-electron chi connectivity index (χ3n) is 5.96. The highest BCUT2D eigenvalue weighted by atomic mass is 16.5. The summed E-state index contributed by atoms with van der Waals surface area (Å²) in [7, 11) is 0. The van der Waals surface area contributed by atoms with E-state index in [1.165, 1.54) is 0 Å². The summed E-state index contributed by atoms with van der Waals surface area (Å²) in [5.74, 6) is -0.370. The maximum Gasteiger partial charge on any atom is 0.338 e. The number of nitriles is 2. The van der Waals surface area contributed by atoms with Gasteiger partial charge in [-0.05, 0) is 47.5 Å². The van der Waals surface area contributed by atoms with Gasteiger partial charge < -0.3 is 25.1 Å². The number of esters is 1. The Labute approximate surface area is 217 Å². The molecule has 4 aromatic rings. The number of nitrogens with zero attached hydrogens (tertiary/aromatic N) is 3. The highest BCUT2D eigenvalue weighted by Gasteiger charge is 2.34. The molecule has 0 fully saturated rings. The molecule has 3 aromatic carbocycles. The molecule has 2 amide bonds. The lowest BCUT2D eigenvalue weighted by atomic mass is 9.95. The van der Waals surface area contributed by atoms with Crippen LogP contribution in [-0.4, -0.2) is 28.6 Å². The molecule has 5 rings (SSSR count). The number of urea groups is 1. The van der Waals surface area contributed by atoms with Gasteiger partial charge in [0.15, 0.2) is 0 Å². The number of benzene rings is 3. The second-order valence-corrected chi connectivity index (χ2v) is 8.39. The molecule has 38 heavy (non-hydrogen) atoms. The molecule has 1 atom stereocenters. The van der Waals surface area contributed by atoms with Crippen LogP contribution in [0.1, 0.15) is 28.3 Å². The molecule has 0 aliphatic carbocycles. The number of H-pyrrole nitrogens is 1. The summed E-state index contributed by atoms with van der Waals surface area (Å²) in [6, 6.07) is 21.5. The zero-order valence-electron chi connectivity index (χ0n) is 19.9. The first-order chi connectivity index (χ1) is 18.6. The number of fused-ring (bicyclic) bond motifs is 1. The van der Waals surface area contributed by atoms with Crippen LogP contribution in [0.2, 0.25) is 0 Å². The Morgan fingerprint density at radius 3 is 2.71 bits per heavy atom. The van der Waals surface area contributed by atoms with E-state index in [4.69, 9.17) is 14.7 Å². The molecule has 10 heteroatoms. The number of carbonyl (C=O) groups is 2. The van der Waals surface area contributed by atoms with Gasteiger partial charge in [0.25, 0.3) is 0 Å². The van der Waals surface area contributed by atoms with Crippen LogP contribution in [0.15, 0.2) is 84.3 Å². The van der Waals surface area contributed by atoms with Crippen molar-refractivity contribution in [3.05, 3.63) is 107 Å². The first kappa shape index (κ1) is 24.1. The monoisotopic (exact) mass is 504 g/mol. The average Bonchev–Trinajstić information content (AvgIpc) is 3.43. The minimum atomic E-state index is -0.854. The van der Waals surface area contributed by atoms with Gasteiger partial charge in [0.05, 0.1) is 51.9 Å². The summed E-state index contributed by atoms with van der Waals surface area (Å²) in [6.45, 7) is -0.274. The fraction of sp³-hybridized carbons (Fsp3) is 0.107. The standard InChI is InChI=1S/C28H20N6O4/c29-12-17-4-3-5-18(10-17)14-38-27(35)25-23(15-37-24-7-2-1-6-20(24)13-30)33-28(36)34-26(25)19-8-9-21-22(11-19)32-16-31-21/h1-11,16,26H,14-15H2,(H,31,32)(H2,33,34,36). The Hall–Kier alpha value is -5.61. The van der Waals surface area contributed by atoms with Crippen molar-refractivity contribution < 1.29 is 19.1 Å². The van der Waals surface area contributed by atoms with Crippen LogP contribution in [0.25, 0.3) is 11.0 Å². The molecule has 1 aromatic heterocycles. The molecule has 1 aliphatic heterocycles. The van der Waals surface area contributed by atoms with Crippen LogP contribution in [0.5, 0.6) is 5.75 Å². The summed E-state index contributed by atoms with van der Waals surface area (Å²) in [5.41, 5.74) is 3.83. The fourth-order valence-electron chi connectivity index (χ4n) is 4.14. The van der Waals surface area contributed by atoms with E-state index in [-0.39, 0.29) is 24.5 Å². The predicted molar refractivity (Wildman–Crippen MR) is 135 cm³/mol. The van der Waals surface area contributed by atoms with Gasteiger partial charge in [-0.2, -0.15) is 10.5 Å². The minimum absolute atomic E-state index is 0.0810. The van der Waals surface area contributed by atoms with Crippen LogP contribution < -0.4 is 15.4 Å². The van der Waals surface area contributed by atoms with E-state index in [0.717, 1.165) is 5.52 Å². The van der Waals surface area contributed by atoms with Crippen LogP contribution in [0.3, 0.4) is 0 Å². The number of para-hydroxylation sites is 1. The number of hydrogen-bond acceptors (Lipinski definition) is 7. The number of nitrogens with one attached hydrogen (secondary N) is 3. The molecule has 186 valence electrons. The molecule has 10 nitrogen and oxygen atoms in total. The number of rotatable bonds is 7. The maximum atomic E-state index is 13.5. The van der Waals surface area contributed by atoms with Gasteiger partial charge in [0.1, 0.15) is 25.0 Å². The van der Waals surface area contributed by atoms with Crippen LogP contribution in [-0.2, 0) is 16.1 Å². The summed E-state index contributed by atoms with van der Waals surface area (Å²) >= 11 is 0. The van der Waals surface area contributed by atoms with Crippen molar-refractivity contribution in [3.63, 3.8) is 0 Å². The SMILES string of the molecule is N#Cc1cccc(COC(=O)C2=C(COc3ccccc3C#N)NC(=O)NC2c2ccc3[nH]cnc3c2)c1. The van der Waals surface area contributed by atoms with Crippen molar-refractivity contribution in [2.75, 3.05) is 6.61 Å². The Balaban J connectivity index is 1.50. The lowest BCUT2D eigenvalue weighted by Gasteiger charge is -2.29. The molecule has 0 spiro atoms. The number of ether oxygens (including phenoxy) is 2. The van der Waals surface area contributed by atoms with Crippen LogP contribution in [0.4, 0.5) is 4.79 Å². The number of aromatic nitrogens is 2. The third kappa shape index (κ3) is 5.01. The van der Waals surface area contributed by atoms with Crippen LogP contribution >= 0.6 is 0 Å². The summed E-state index contributed by atoms with van der Waals surface area (Å²) in [5, 5.41) is 24.0. The van der Waals surface area contributed by atoms with Crippen molar-refractivity contribution in [1.29, 1.82) is 10.5 Å². The molecule has 0 bridgehead atoms. The van der Waals surface area contributed by atoms with Crippen molar-refractivity contribution in [2.45, 2.75) is 12.6 Å². The van der Waals surface area contributed by atoms with Gasteiger partial charge in [-0.25, -0.2) is 14.6 Å². The van der Waals surface area contributed by atoms with E-state index >= 15 is 0 Å². The van der Waals surface area contributed by atoms with E-state index in [9.17, 15) is 14.9 Å². The van der Waals surface area contributed by atoms with Crippen molar-refractivity contribution in [2.24, 2.45) is 0 Å². The van der Waals surface area contributed by atoms with Crippen LogP contribution in [0, 0.1) is 22.7 Å². The number of amides is 2. The first-order valence-electron chi connectivity index (χ1n) is 11.6. The third-order valence-corrected chi connectivity index (χ3v) is 5.96. The maximum absolute atomic E-state index is 13.5. The fourth-order valence-corrected chi connectivity index (χ4v) is 4.14. The Morgan fingerprint density at radius 1 is 1.00 bits per heavy atom. The Bertz CT molecular complexity index is 1660. The van der Waals surface area contributed by atoms with E-state index in [2.05, 4.69) is 32.7 Å². The van der Waals surface area contributed by atoms with Gasteiger partial charge in [-0.15, -0.1) is 0 Å². The first-order valence-corrected chi connectivity index (χ1v) is 11.6. The second kappa shape index (κ2) is 10.6. The minimum Gasteiger partial charge on any atom is -0.486 e. The van der Waals surface area contributed by atoms with Crippen molar-refractivity contribution in [1.82, 2.24) is 20.6 Å². The topological polar surface area (TPSA) is 153 Å². The zero-order chi connectivity index (χ0) is 26.5. The summed E-state index contributed by atoms with van der Waals surface area (Å²) in [4.78, 5) is 33.4. The Kier molecular flexibility index (Phi) is 6.70. The van der Waals surface area contributed by atoms with E-state index in [1.54, 1.807) is 67.0 Å². The zero-order valence-corrected chi connectivity index (χ0v) is 19.9. The average molecular weight is 505 g/mol. The quantitative estimate of drug-likeness (QED) is 0.324. The molecule has 3 N–H and O–H groups in total. The molecular weight excluding hydrogens is 484 g/mol. The largest absolute Gasteiger partial charge is 0.486 e. The summed E-state index contributed by atoms with van der Waals surface area (Å²) in [6.07, 6.45) is 1.56. The van der Waals surface area contributed by atoms with Gasteiger partial charge >= 0.3 is 12.0 Å². The highest BCUT2D eigenvalue weighted by molar-refractivity contribution is 5.95. The highest BCUT2D eigenvalue weighted by Crippen LogP contribution is 2.30. The van der Waals surface area contributed by atoms with E-state index in [0.29, 0.717) is 33.5 Å². The second-order valence-electron chi connectivity index (χ2n) is 8.39. The molecule has 2 heterocycles. The lowest BCUT2D eigenvalue weighted by Crippen LogP contribution is -2.47. The molecule has 0 saturated carbocycles. The van der Waals surface area contributed by atoms with Gasteiger partial charge in [-0.3, -0.25) is 0 Å². The number of hydrogen-bond donors (Lipinski definition) is 3. The van der Waals surface area contributed by atoms with E-state index < -0.39 is 18.0 Å². The van der Waals surface area contributed by atoms with Gasteiger partial charge in [-0.1, -0.05) is 30.3 Å². The predicted octanol–water partition coefficient (Wildman–Crippen LogP) is 3.74. The smallest absolute Gasteiger partial charge is 0.338 e. The molecule has 0 saturated heterocycles. The van der Waals surface area contributed by atoms with Gasteiger partial charge in [0.2, 0.25) is 0 Å². The van der Waals surface area contributed by atoms with Crippen molar-refractivity contribution >= 4 is 23.0 Å². The Morgan fingerprint density at radius 2 is 1.87 bits per heavy atom. The lowest BCUT2D eigenvalue weighted by molar-refractivity contribution is -0.140. The molecular formula is C28H20N6O4. The normalized spacial score (nSPS) is 14.7. The van der Waals surface area contributed by atoms with Crippen molar-refractivity contribution in [3.8, 4) is 17.9 Å². The molecule has 0 radical (unpaired) electrons.